The third kappa shape index (κ3) is 4.99. The Kier molecular flexibility index (Phi) is 6.60. The predicted molar refractivity (Wildman–Crippen MR) is 131 cm³/mol. The van der Waals surface area contributed by atoms with Crippen LogP contribution in [0.15, 0.2) is 102 Å². The molecule has 0 saturated carbocycles. The number of hydrogen-bond donors (Lipinski definition) is 1. The molecule has 0 unspecified atom stereocenters. The average molecular weight is 461 g/mol. The summed E-state index contributed by atoms with van der Waals surface area (Å²) in [6, 6.07) is 28.2. The Hall–Kier alpha value is -3.84. The predicted octanol–water partition coefficient (Wildman–Crippen LogP) is 5.07. The number of sulfonamides is 1. The molecule has 168 valence electrons. The molecule has 0 spiro atoms. The van der Waals surface area contributed by atoms with Crippen LogP contribution >= 0.6 is 0 Å². The third-order valence-electron chi connectivity index (χ3n) is 5.09. The van der Waals surface area contributed by atoms with Gasteiger partial charge >= 0.3 is 0 Å². The molecule has 0 bridgehead atoms. The number of benzene rings is 4. The maximum atomic E-state index is 13.5. The Morgan fingerprint density at radius 2 is 1.52 bits per heavy atom. The monoisotopic (exact) mass is 460 g/mol. The van der Waals surface area contributed by atoms with Gasteiger partial charge in [-0.25, -0.2) is 8.42 Å². The lowest BCUT2D eigenvalue weighted by Gasteiger charge is -2.26. The van der Waals surface area contributed by atoms with Gasteiger partial charge in [-0.3, -0.25) is 9.10 Å². The van der Waals surface area contributed by atoms with E-state index in [1.807, 2.05) is 43.3 Å². The molecule has 4 rings (SSSR count). The smallest absolute Gasteiger partial charge is 0.264 e. The molecule has 0 aliphatic carbocycles. The van der Waals surface area contributed by atoms with Gasteiger partial charge in [0, 0.05) is 5.69 Å². The van der Waals surface area contributed by atoms with Crippen LogP contribution in [0, 0.1) is 0 Å². The van der Waals surface area contributed by atoms with Gasteiger partial charge in [0.05, 0.1) is 17.2 Å². The van der Waals surface area contributed by atoms with E-state index in [1.165, 1.54) is 12.1 Å². The SMILES string of the molecule is CCOc1ccccc1N(CC(=O)Nc1ccc2ccccc2c1)S(=O)(=O)c1ccccc1. The first-order valence-corrected chi connectivity index (χ1v) is 12.0. The Balaban J connectivity index is 1.68. The van der Waals surface area contributed by atoms with Crippen LogP contribution in [0.3, 0.4) is 0 Å². The van der Waals surface area contributed by atoms with Crippen molar-refractivity contribution >= 4 is 38.1 Å². The molecule has 33 heavy (non-hydrogen) atoms. The molecular formula is C26H24N2O4S. The molecule has 6 nitrogen and oxygen atoms in total. The van der Waals surface area contributed by atoms with Crippen molar-refractivity contribution in [3.63, 3.8) is 0 Å². The van der Waals surface area contributed by atoms with Crippen LogP contribution in [-0.4, -0.2) is 27.5 Å². The lowest BCUT2D eigenvalue weighted by Crippen LogP contribution is -2.38. The summed E-state index contributed by atoms with van der Waals surface area (Å²) in [5.74, 6) is -0.0749. The Morgan fingerprint density at radius 3 is 2.27 bits per heavy atom. The van der Waals surface area contributed by atoms with Crippen molar-refractivity contribution in [2.45, 2.75) is 11.8 Å². The zero-order valence-electron chi connectivity index (χ0n) is 18.1. The highest BCUT2D eigenvalue weighted by Crippen LogP contribution is 2.32. The molecule has 0 atom stereocenters. The van der Waals surface area contributed by atoms with Crippen LogP contribution < -0.4 is 14.4 Å². The molecule has 4 aromatic rings. The Labute approximate surface area is 193 Å². The normalized spacial score (nSPS) is 11.2. The Bertz CT molecular complexity index is 1370. The average Bonchev–Trinajstić information content (AvgIpc) is 2.84. The number of hydrogen-bond acceptors (Lipinski definition) is 4. The minimum atomic E-state index is -4.02. The van der Waals surface area contributed by atoms with E-state index >= 15 is 0 Å². The second-order valence-electron chi connectivity index (χ2n) is 7.34. The van der Waals surface area contributed by atoms with E-state index in [-0.39, 0.29) is 4.90 Å². The van der Waals surface area contributed by atoms with Gasteiger partial charge < -0.3 is 10.1 Å². The molecule has 1 amide bonds. The molecular weight excluding hydrogens is 436 g/mol. The zero-order valence-corrected chi connectivity index (χ0v) is 19.0. The standard InChI is InChI=1S/C26H24N2O4S/c1-2-32-25-15-9-8-14-24(25)28(33(30,31)23-12-4-3-5-13-23)19-26(29)27-22-17-16-20-10-6-7-11-21(20)18-22/h3-18H,2,19H2,1H3,(H,27,29). The fraction of sp³-hybridized carbons (Fsp3) is 0.115. The second kappa shape index (κ2) is 9.75. The van der Waals surface area contributed by atoms with Gasteiger partial charge in [-0.1, -0.05) is 60.7 Å². The van der Waals surface area contributed by atoms with Crippen molar-refractivity contribution in [3.8, 4) is 5.75 Å². The van der Waals surface area contributed by atoms with E-state index in [2.05, 4.69) is 5.32 Å². The van der Waals surface area contributed by atoms with Gasteiger partial charge in [-0.05, 0) is 54.1 Å². The highest BCUT2D eigenvalue weighted by atomic mass is 32.2. The van der Waals surface area contributed by atoms with Crippen LogP contribution in [0.2, 0.25) is 0 Å². The number of carbonyl (C=O) groups excluding carboxylic acids is 1. The molecule has 7 heteroatoms. The lowest BCUT2D eigenvalue weighted by atomic mass is 10.1. The van der Waals surface area contributed by atoms with Gasteiger partial charge in [-0.15, -0.1) is 0 Å². The molecule has 0 radical (unpaired) electrons. The van der Waals surface area contributed by atoms with Crippen LogP contribution in [0.1, 0.15) is 6.92 Å². The molecule has 0 saturated heterocycles. The third-order valence-corrected chi connectivity index (χ3v) is 6.86. The van der Waals surface area contributed by atoms with Crippen molar-refractivity contribution in [2.24, 2.45) is 0 Å². The van der Waals surface area contributed by atoms with Crippen molar-refractivity contribution in [1.29, 1.82) is 0 Å². The van der Waals surface area contributed by atoms with Crippen LogP contribution in [-0.2, 0) is 14.8 Å². The van der Waals surface area contributed by atoms with E-state index in [9.17, 15) is 13.2 Å². The highest BCUT2D eigenvalue weighted by Gasteiger charge is 2.29. The molecule has 1 N–H and O–H groups in total. The van der Waals surface area contributed by atoms with E-state index in [0.717, 1.165) is 15.1 Å². The number of nitrogens with zero attached hydrogens (tertiary/aromatic N) is 1. The van der Waals surface area contributed by atoms with Gasteiger partial charge in [0.25, 0.3) is 10.0 Å². The van der Waals surface area contributed by atoms with Crippen molar-refractivity contribution in [2.75, 3.05) is 22.8 Å². The van der Waals surface area contributed by atoms with E-state index in [1.54, 1.807) is 48.5 Å². The van der Waals surface area contributed by atoms with Gasteiger partial charge in [0.1, 0.15) is 12.3 Å². The van der Waals surface area contributed by atoms with E-state index < -0.39 is 22.5 Å². The minimum Gasteiger partial charge on any atom is -0.492 e. The fourth-order valence-corrected chi connectivity index (χ4v) is 5.01. The first-order valence-electron chi connectivity index (χ1n) is 10.6. The lowest BCUT2D eigenvalue weighted by molar-refractivity contribution is -0.114. The van der Waals surface area contributed by atoms with Crippen molar-refractivity contribution in [3.05, 3.63) is 97.1 Å². The quantitative estimate of drug-likeness (QED) is 0.398. The molecule has 0 aromatic heterocycles. The van der Waals surface area contributed by atoms with Crippen molar-refractivity contribution < 1.29 is 17.9 Å². The number of anilines is 2. The van der Waals surface area contributed by atoms with E-state index in [4.69, 9.17) is 4.74 Å². The molecule has 0 aliphatic heterocycles. The van der Waals surface area contributed by atoms with Gasteiger partial charge in [-0.2, -0.15) is 0 Å². The van der Waals surface area contributed by atoms with Crippen LogP contribution in [0.25, 0.3) is 10.8 Å². The summed E-state index contributed by atoms with van der Waals surface area (Å²) in [7, 11) is -4.02. The summed E-state index contributed by atoms with van der Waals surface area (Å²) in [5.41, 5.74) is 0.894. The van der Waals surface area contributed by atoms with E-state index in [0.29, 0.717) is 23.7 Å². The largest absolute Gasteiger partial charge is 0.492 e. The zero-order chi connectivity index (χ0) is 23.3. The summed E-state index contributed by atoms with van der Waals surface area (Å²) in [6.45, 7) is 1.77. The summed E-state index contributed by atoms with van der Waals surface area (Å²) >= 11 is 0. The maximum Gasteiger partial charge on any atom is 0.264 e. The number of amides is 1. The highest BCUT2D eigenvalue weighted by molar-refractivity contribution is 7.92. The van der Waals surface area contributed by atoms with Crippen molar-refractivity contribution in [1.82, 2.24) is 0 Å². The van der Waals surface area contributed by atoms with Gasteiger partial charge in [0.2, 0.25) is 5.91 Å². The fourth-order valence-electron chi connectivity index (χ4n) is 3.56. The summed E-state index contributed by atoms with van der Waals surface area (Å²) < 4.78 is 33.8. The second-order valence-corrected chi connectivity index (χ2v) is 9.20. The Morgan fingerprint density at radius 1 is 0.848 bits per heavy atom. The van der Waals surface area contributed by atoms with Crippen LogP contribution in [0.5, 0.6) is 5.75 Å². The summed E-state index contributed by atoms with van der Waals surface area (Å²) in [4.78, 5) is 13.1. The number of fused-ring (bicyclic) bond motifs is 1. The first kappa shape index (κ1) is 22.4. The molecule has 0 heterocycles. The maximum absolute atomic E-state index is 13.5. The number of ether oxygens (including phenoxy) is 1. The minimum absolute atomic E-state index is 0.0924. The summed E-state index contributed by atoms with van der Waals surface area (Å²) in [5, 5.41) is 4.85. The molecule has 0 aliphatic rings. The molecule has 4 aromatic carbocycles. The number of carbonyl (C=O) groups is 1. The molecule has 0 fully saturated rings. The van der Waals surface area contributed by atoms with Gasteiger partial charge in [0.15, 0.2) is 0 Å². The summed E-state index contributed by atoms with van der Waals surface area (Å²) in [6.07, 6.45) is 0. The number of para-hydroxylation sites is 2. The van der Waals surface area contributed by atoms with Crippen LogP contribution in [0.4, 0.5) is 11.4 Å². The number of nitrogens with one attached hydrogen (secondary N) is 1. The topological polar surface area (TPSA) is 75.7 Å². The number of rotatable bonds is 8. The first-order chi connectivity index (χ1) is 16.0.